The van der Waals surface area contributed by atoms with Crippen molar-refractivity contribution in [3.8, 4) is 5.88 Å². The van der Waals surface area contributed by atoms with Crippen molar-refractivity contribution in [1.29, 1.82) is 0 Å². The molecule has 2 heterocycles. The van der Waals surface area contributed by atoms with Crippen molar-refractivity contribution in [2.75, 3.05) is 30.8 Å². The van der Waals surface area contributed by atoms with E-state index >= 15 is 0 Å². The fourth-order valence-corrected chi connectivity index (χ4v) is 1.81. The van der Waals surface area contributed by atoms with Gasteiger partial charge in [0.05, 0.1) is 13.2 Å². The van der Waals surface area contributed by atoms with Gasteiger partial charge in [-0.15, -0.1) is 0 Å². The van der Waals surface area contributed by atoms with E-state index in [0.29, 0.717) is 11.7 Å². The Kier molecular flexibility index (Phi) is 4.58. The van der Waals surface area contributed by atoms with Gasteiger partial charge in [0.1, 0.15) is 11.9 Å². The van der Waals surface area contributed by atoms with Gasteiger partial charge >= 0.3 is 0 Å². The first-order valence-corrected chi connectivity index (χ1v) is 6.40. The molecule has 3 N–H and O–H groups in total. The minimum absolute atomic E-state index is 0.159. The first-order chi connectivity index (χ1) is 8.78. The molecule has 0 aliphatic carbocycles. The Labute approximate surface area is 107 Å². The van der Waals surface area contributed by atoms with E-state index in [4.69, 9.17) is 15.2 Å². The normalized spacial score (nSPS) is 16.5. The lowest BCUT2D eigenvalue weighted by Gasteiger charge is -2.22. The minimum Gasteiger partial charge on any atom is -0.474 e. The van der Waals surface area contributed by atoms with Crippen LogP contribution >= 0.6 is 0 Å². The van der Waals surface area contributed by atoms with Gasteiger partial charge in [-0.25, -0.2) is 0 Å². The van der Waals surface area contributed by atoms with Gasteiger partial charge < -0.3 is 20.5 Å². The van der Waals surface area contributed by atoms with Crippen LogP contribution in [0.2, 0.25) is 0 Å². The third-order valence-corrected chi connectivity index (χ3v) is 2.73. The Balaban J connectivity index is 1.99. The maximum atomic E-state index is 5.81. The maximum Gasteiger partial charge on any atom is 0.225 e. The zero-order valence-corrected chi connectivity index (χ0v) is 10.7. The fraction of sp³-hybridized carbons (Fsp3) is 0.667. The highest BCUT2D eigenvalue weighted by molar-refractivity contribution is 5.42. The van der Waals surface area contributed by atoms with Crippen molar-refractivity contribution in [2.45, 2.75) is 32.3 Å². The summed E-state index contributed by atoms with van der Waals surface area (Å²) in [5.41, 5.74) is 5.67. The number of ether oxygens (including phenoxy) is 2. The molecule has 1 aromatic heterocycles. The molecule has 1 aliphatic rings. The van der Waals surface area contributed by atoms with Crippen LogP contribution < -0.4 is 15.8 Å². The topological polar surface area (TPSA) is 82.3 Å². The standard InChI is InChI=1S/C12H20N4O2/c1-2-5-14-10-8-11(16-12(13)15-10)18-9-3-6-17-7-4-9/h8-9H,2-7H2,1H3,(H3,13,14,15,16). The number of hydrogen-bond donors (Lipinski definition) is 2. The Morgan fingerprint density at radius 1 is 1.44 bits per heavy atom. The quantitative estimate of drug-likeness (QED) is 0.825. The zero-order chi connectivity index (χ0) is 12.8. The SMILES string of the molecule is CCCNc1cc(OC2CCOCC2)nc(N)n1. The summed E-state index contributed by atoms with van der Waals surface area (Å²) in [7, 11) is 0. The van der Waals surface area contributed by atoms with Crippen LogP contribution in [0.3, 0.4) is 0 Å². The van der Waals surface area contributed by atoms with E-state index in [-0.39, 0.29) is 12.1 Å². The molecule has 1 fully saturated rings. The Bertz CT molecular complexity index is 380. The molecule has 6 nitrogen and oxygen atoms in total. The molecule has 0 aromatic carbocycles. The minimum atomic E-state index is 0.159. The zero-order valence-electron chi connectivity index (χ0n) is 10.7. The third kappa shape index (κ3) is 3.73. The van der Waals surface area contributed by atoms with E-state index in [1.54, 1.807) is 6.07 Å². The van der Waals surface area contributed by atoms with Crippen LogP contribution in [0.5, 0.6) is 5.88 Å². The highest BCUT2D eigenvalue weighted by Gasteiger charge is 2.16. The second kappa shape index (κ2) is 6.39. The molecule has 0 unspecified atom stereocenters. The van der Waals surface area contributed by atoms with E-state index in [0.717, 1.165) is 39.0 Å². The number of nitrogens with zero attached hydrogens (tertiary/aromatic N) is 2. The predicted octanol–water partition coefficient (Wildman–Crippen LogP) is 1.44. The number of rotatable bonds is 5. The predicted molar refractivity (Wildman–Crippen MR) is 69.7 cm³/mol. The molecular formula is C12H20N4O2. The second-order valence-electron chi connectivity index (χ2n) is 4.31. The first-order valence-electron chi connectivity index (χ1n) is 6.40. The molecule has 1 saturated heterocycles. The van der Waals surface area contributed by atoms with Crippen molar-refractivity contribution in [2.24, 2.45) is 0 Å². The monoisotopic (exact) mass is 252 g/mol. The van der Waals surface area contributed by atoms with Crippen molar-refractivity contribution in [1.82, 2.24) is 9.97 Å². The van der Waals surface area contributed by atoms with Gasteiger partial charge in [0.25, 0.3) is 0 Å². The van der Waals surface area contributed by atoms with Crippen molar-refractivity contribution < 1.29 is 9.47 Å². The van der Waals surface area contributed by atoms with Crippen LogP contribution in [0.25, 0.3) is 0 Å². The summed E-state index contributed by atoms with van der Waals surface area (Å²) in [6, 6.07) is 1.79. The third-order valence-electron chi connectivity index (χ3n) is 2.73. The van der Waals surface area contributed by atoms with Gasteiger partial charge in [-0.1, -0.05) is 6.92 Å². The van der Waals surface area contributed by atoms with Gasteiger partial charge in [0.15, 0.2) is 0 Å². The highest BCUT2D eigenvalue weighted by atomic mass is 16.5. The van der Waals surface area contributed by atoms with Gasteiger partial charge in [-0.05, 0) is 6.42 Å². The van der Waals surface area contributed by atoms with Gasteiger partial charge in [0.2, 0.25) is 11.8 Å². The van der Waals surface area contributed by atoms with Crippen LogP contribution in [-0.2, 0) is 4.74 Å². The lowest BCUT2D eigenvalue weighted by atomic mass is 10.2. The van der Waals surface area contributed by atoms with E-state index in [1.807, 2.05) is 0 Å². The Morgan fingerprint density at radius 2 is 2.22 bits per heavy atom. The molecule has 18 heavy (non-hydrogen) atoms. The van der Waals surface area contributed by atoms with E-state index in [1.165, 1.54) is 0 Å². The molecule has 0 spiro atoms. The summed E-state index contributed by atoms with van der Waals surface area (Å²) in [4.78, 5) is 8.21. The maximum absolute atomic E-state index is 5.81. The number of nitrogens with one attached hydrogen (secondary N) is 1. The number of nitrogens with two attached hydrogens (primary N) is 1. The number of hydrogen-bond acceptors (Lipinski definition) is 6. The molecule has 2 rings (SSSR count). The van der Waals surface area contributed by atoms with Crippen LogP contribution in [0.4, 0.5) is 11.8 Å². The molecule has 0 atom stereocenters. The molecule has 0 saturated carbocycles. The average molecular weight is 252 g/mol. The summed E-state index contributed by atoms with van der Waals surface area (Å²) in [6.07, 6.45) is 2.97. The Hall–Kier alpha value is -1.56. The van der Waals surface area contributed by atoms with E-state index < -0.39 is 0 Å². The summed E-state index contributed by atoms with van der Waals surface area (Å²) in [6.45, 7) is 4.43. The highest BCUT2D eigenvalue weighted by Crippen LogP contribution is 2.19. The fourth-order valence-electron chi connectivity index (χ4n) is 1.81. The number of aromatic nitrogens is 2. The largest absolute Gasteiger partial charge is 0.474 e. The van der Waals surface area contributed by atoms with Crippen molar-refractivity contribution >= 4 is 11.8 Å². The molecule has 6 heteroatoms. The number of anilines is 2. The van der Waals surface area contributed by atoms with E-state index in [9.17, 15) is 0 Å². The van der Waals surface area contributed by atoms with Crippen LogP contribution in [0.15, 0.2) is 6.07 Å². The summed E-state index contributed by atoms with van der Waals surface area (Å²) >= 11 is 0. The summed E-state index contributed by atoms with van der Waals surface area (Å²) in [5.74, 6) is 1.48. The molecular weight excluding hydrogens is 232 g/mol. The van der Waals surface area contributed by atoms with Crippen LogP contribution in [0, 0.1) is 0 Å². The lowest BCUT2D eigenvalue weighted by molar-refractivity contribution is 0.0238. The average Bonchev–Trinajstić information content (AvgIpc) is 2.37. The molecule has 0 radical (unpaired) electrons. The van der Waals surface area contributed by atoms with E-state index in [2.05, 4.69) is 22.2 Å². The summed E-state index contributed by atoms with van der Waals surface area (Å²) < 4.78 is 11.1. The van der Waals surface area contributed by atoms with Crippen LogP contribution in [0.1, 0.15) is 26.2 Å². The van der Waals surface area contributed by atoms with Gasteiger partial charge in [0, 0.05) is 25.5 Å². The molecule has 1 aromatic rings. The van der Waals surface area contributed by atoms with Crippen molar-refractivity contribution in [3.63, 3.8) is 0 Å². The first kappa shape index (κ1) is 12.9. The molecule has 0 amide bonds. The van der Waals surface area contributed by atoms with Crippen molar-refractivity contribution in [3.05, 3.63) is 6.07 Å². The van der Waals surface area contributed by atoms with Crippen LogP contribution in [-0.4, -0.2) is 35.8 Å². The molecule has 0 bridgehead atoms. The second-order valence-corrected chi connectivity index (χ2v) is 4.31. The smallest absolute Gasteiger partial charge is 0.225 e. The lowest BCUT2D eigenvalue weighted by Crippen LogP contribution is -2.26. The van der Waals surface area contributed by atoms with Gasteiger partial charge in [-0.2, -0.15) is 9.97 Å². The van der Waals surface area contributed by atoms with Gasteiger partial charge in [-0.3, -0.25) is 0 Å². The number of nitrogen functional groups attached to an aromatic ring is 1. The Morgan fingerprint density at radius 3 is 2.94 bits per heavy atom. The molecule has 100 valence electrons. The molecule has 1 aliphatic heterocycles. The summed E-state index contributed by atoms with van der Waals surface area (Å²) in [5, 5.41) is 3.18.